The molecule has 4 rings (SSSR count). The zero-order chi connectivity index (χ0) is 23.9. The number of aliphatic imine (C=N–C) groups is 1. The van der Waals surface area contributed by atoms with E-state index in [0.29, 0.717) is 23.6 Å². The number of hydrogen-bond donors (Lipinski definition) is 3. The molecular formula is C24H25N9S. The van der Waals surface area contributed by atoms with Crippen molar-refractivity contribution in [3.63, 3.8) is 0 Å². The van der Waals surface area contributed by atoms with Gasteiger partial charge in [-0.25, -0.2) is 19.6 Å². The van der Waals surface area contributed by atoms with E-state index in [1.54, 1.807) is 11.0 Å². The van der Waals surface area contributed by atoms with E-state index in [1.807, 2.05) is 75.4 Å². The number of thiocarbonyl (C=S) groups is 1. The Morgan fingerprint density at radius 2 is 1.68 bits per heavy atom. The molecule has 0 aliphatic heterocycles. The minimum Gasteiger partial charge on any atom is -0.331 e. The molecule has 2 aromatic carbocycles. The van der Waals surface area contributed by atoms with E-state index in [1.165, 1.54) is 6.33 Å². The van der Waals surface area contributed by atoms with Gasteiger partial charge in [-0.3, -0.25) is 5.32 Å². The largest absolute Gasteiger partial charge is 0.331 e. The highest BCUT2D eigenvalue weighted by Crippen LogP contribution is 2.15. The third-order valence-corrected chi connectivity index (χ3v) is 5.03. The highest BCUT2D eigenvalue weighted by atomic mass is 32.1. The first-order chi connectivity index (χ1) is 16.4. The summed E-state index contributed by atoms with van der Waals surface area (Å²) in [6.45, 7) is 6.49. The topological polar surface area (TPSA) is 105 Å². The van der Waals surface area contributed by atoms with Crippen LogP contribution in [0.25, 0.3) is 0 Å². The Balaban J connectivity index is 1.54. The maximum absolute atomic E-state index is 5.51. The van der Waals surface area contributed by atoms with Crippen molar-refractivity contribution in [2.45, 2.75) is 27.3 Å². The second-order valence-electron chi connectivity index (χ2n) is 7.72. The first-order valence-electron chi connectivity index (χ1n) is 10.7. The van der Waals surface area contributed by atoms with Crippen molar-refractivity contribution in [2.24, 2.45) is 4.99 Å². The van der Waals surface area contributed by atoms with Gasteiger partial charge in [-0.05, 0) is 68.4 Å². The van der Waals surface area contributed by atoms with Crippen molar-refractivity contribution in [2.75, 3.05) is 16.0 Å². The van der Waals surface area contributed by atoms with Crippen molar-refractivity contribution < 1.29 is 0 Å². The first kappa shape index (κ1) is 23.0. The average Bonchev–Trinajstić information content (AvgIpc) is 3.29. The van der Waals surface area contributed by atoms with E-state index in [9.17, 15) is 0 Å². The van der Waals surface area contributed by atoms with Crippen LogP contribution in [0, 0.1) is 20.8 Å². The van der Waals surface area contributed by atoms with Crippen LogP contribution in [0.5, 0.6) is 0 Å². The molecule has 0 saturated heterocycles. The highest BCUT2D eigenvalue weighted by molar-refractivity contribution is 7.80. The molecule has 0 aliphatic carbocycles. The maximum atomic E-state index is 5.51. The third kappa shape index (κ3) is 6.42. The molecule has 0 unspecified atom stereocenters. The fourth-order valence-electron chi connectivity index (χ4n) is 3.26. The predicted octanol–water partition coefficient (Wildman–Crippen LogP) is 4.32. The molecule has 0 radical (unpaired) electrons. The zero-order valence-electron chi connectivity index (χ0n) is 19.1. The molecule has 2 aromatic heterocycles. The van der Waals surface area contributed by atoms with Gasteiger partial charge in [0.15, 0.2) is 0 Å². The van der Waals surface area contributed by atoms with Gasteiger partial charge >= 0.3 is 0 Å². The molecule has 3 N–H and O–H groups in total. The number of guanidine groups is 1. The summed E-state index contributed by atoms with van der Waals surface area (Å²) < 4.78 is 1.77. The van der Waals surface area contributed by atoms with Crippen LogP contribution in [0.15, 0.2) is 72.2 Å². The van der Waals surface area contributed by atoms with E-state index < -0.39 is 0 Å². The van der Waals surface area contributed by atoms with E-state index in [4.69, 9.17) is 12.2 Å². The summed E-state index contributed by atoms with van der Waals surface area (Å²) in [7, 11) is 0. The minimum atomic E-state index is 0.302. The number of rotatable bonds is 5. The molecule has 172 valence electrons. The normalized spacial score (nSPS) is 11.2. The Bertz CT molecular complexity index is 1280. The van der Waals surface area contributed by atoms with Crippen molar-refractivity contribution in [3.8, 4) is 0 Å². The van der Waals surface area contributed by atoms with E-state index in [-0.39, 0.29) is 0 Å². The molecule has 0 bridgehead atoms. The van der Waals surface area contributed by atoms with Crippen LogP contribution in [-0.4, -0.2) is 35.8 Å². The Labute approximate surface area is 203 Å². The molecule has 0 atom stereocenters. The van der Waals surface area contributed by atoms with Crippen molar-refractivity contribution in [1.82, 2.24) is 24.7 Å². The Morgan fingerprint density at radius 1 is 0.941 bits per heavy atom. The minimum absolute atomic E-state index is 0.302. The standard InChI is InChI=1S/C24H25N9S/c1-16-6-4-5-7-21(16)30-24(34)32-23(31-22-27-17(2)12-18(3)28-22)29-20-10-8-19(9-11-20)13-33-15-25-14-26-33/h4-12,14-15H,13H2,1-3H3,(H3,27,28,29,30,31,32,34). The molecule has 0 saturated carbocycles. The lowest BCUT2D eigenvalue weighted by molar-refractivity contribution is 0.685. The number of nitrogens with one attached hydrogen (secondary N) is 3. The van der Waals surface area contributed by atoms with Crippen molar-refractivity contribution in [1.29, 1.82) is 0 Å². The number of anilines is 3. The van der Waals surface area contributed by atoms with Crippen molar-refractivity contribution >= 4 is 40.6 Å². The summed E-state index contributed by atoms with van der Waals surface area (Å²) in [5.74, 6) is 0.838. The number of nitrogens with zero attached hydrogens (tertiary/aromatic N) is 6. The molecule has 4 aromatic rings. The average molecular weight is 472 g/mol. The van der Waals surface area contributed by atoms with Gasteiger partial charge in [-0.1, -0.05) is 30.3 Å². The number of benzene rings is 2. The molecule has 34 heavy (non-hydrogen) atoms. The molecule has 9 nitrogen and oxygen atoms in total. The van der Waals surface area contributed by atoms with E-state index in [0.717, 1.165) is 33.9 Å². The number of para-hydroxylation sites is 1. The number of aryl methyl sites for hydroxylation is 3. The van der Waals surface area contributed by atoms with E-state index >= 15 is 0 Å². The number of hydrogen-bond acceptors (Lipinski definition) is 5. The molecule has 0 fully saturated rings. The summed E-state index contributed by atoms with van der Waals surface area (Å²) in [5.41, 5.74) is 5.60. The fraction of sp³-hybridized carbons (Fsp3) is 0.167. The smallest absolute Gasteiger partial charge is 0.229 e. The van der Waals surface area contributed by atoms with Gasteiger partial charge in [-0.2, -0.15) is 10.1 Å². The van der Waals surface area contributed by atoms with Gasteiger partial charge in [0.1, 0.15) is 12.7 Å². The summed E-state index contributed by atoms with van der Waals surface area (Å²) in [6, 6.07) is 17.8. The maximum Gasteiger partial charge on any atom is 0.229 e. The number of aromatic nitrogens is 5. The Hall–Kier alpha value is -4.18. The fourth-order valence-corrected chi connectivity index (χ4v) is 3.47. The van der Waals surface area contributed by atoms with Crippen molar-refractivity contribution in [3.05, 3.63) is 89.8 Å². The summed E-state index contributed by atoms with van der Waals surface area (Å²) in [6.07, 6.45) is 3.21. The van der Waals surface area contributed by atoms with Crippen LogP contribution in [0.2, 0.25) is 0 Å². The summed E-state index contributed by atoms with van der Waals surface area (Å²) >= 11 is 5.51. The van der Waals surface area contributed by atoms with Crippen LogP contribution >= 0.6 is 12.2 Å². The molecule has 0 amide bonds. The predicted molar refractivity (Wildman–Crippen MR) is 139 cm³/mol. The van der Waals surface area contributed by atoms with Crippen LogP contribution in [0.4, 0.5) is 17.3 Å². The van der Waals surface area contributed by atoms with Crippen LogP contribution in [0.3, 0.4) is 0 Å². The third-order valence-electron chi connectivity index (χ3n) is 4.84. The molecular weight excluding hydrogens is 446 g/mol. The summed E-state index contributed by atoms with van der Waals surface area (Å²) in [4.78, 5) is 17.4. The second-order valence-corrected chi connectivity index (χ2v) is 8.11. The van der Waals surface area contributed by atoms with Crippen LogP contribution in [0.1, 0.15) is 22.5 Å². The quantitative estimate of drug-likeness (QED) is 0.225. The lowest BCUT2D eigenvalue weighted by Crippen LogP contribution is -2.26. The molecule has 10 heteroatoms. The molecule has 0 spiro atoms. The van der Waals surface area contributed by atoms with Gasteiger partial charge in [0.2, 0.25) is 17.0 Å². The monoisotopic (exact) mass is 471 g/mol. The molecule has 0 aliphatic rings. The Kier molecular flexibility index (Phi) is 7.19. The lowest BCUT2D eigenvalue weighted by Gasteiger charge is -2.14. The highest BCUT2D eigenvalue weighted by Gasteiger charge is 2.08. The van der Waals surface area contributed by atoms with Crippen LogP contribution in [-0.2, 0) is 6.54 Å². The lowest BCUT2D eigenvalue weighted by atomic mass is 10.2. The van der Waals surface area contributed by atoms with Gasteiger partial charge in [0.25, 0.3) is 0 Å². The zero-order valence-corrected chi connectivity index (χ0v) is 20.0. The van der Waals surface area contributed by atoms with Gasteiger partial charge in [0.05, 0.1) is 6.54 Å². The van der Waals surface area contributed by atoms with Gasteiger partial charge in [-0.15, -0.1) is 0 Å². The van der Waals surface area contributed by atoms with E-state index in [2.05, 4.69) is 41.0 Å². The second kappa shape index (κ2) is 10.6. The van der Waals surface area contributed by atoms with Gasteiger partial charge < -0.3 is 10.6 Å². The first-order valence-corrected chi connectivity index (χ1v) is 11.1. The SMILES string of the molecule is Cc1cc(C)nc(N/C(=N/C(=S)Nc2ccccc2C)Nc2ccc(Cn3cncn3)cc2)n1. The van der Waals surface area contributed by atoms with Crippen LogP contribution < -0.4 is 16.0 Å². The van der Waals surface area contributed by atoms with Gasteiger partial charge in [0, 0.05) is 22.8 Å². The molecule has 2 heterocycles. The Morgan fingerprint density at radius 3 is 2.35 bits per heavy atom. The summed E-state index contributed by atoms with van der Waals surface area (Å²) in [5, 5.41) is 14.1.